The van der Waals surface area contributed by atoms with Gasteiger partial charge in [0.05, 0.1) is 0 Å². The van der Waals surface area contributed by atoms with Crippen LogP contribution < -0.4 is 0 Å². The Balaban J connectivity index is -0.0000000139. The molecule has 68 valence electrons. The molecule has 0 spiro atoms. The average Bonchev–Trinajstić information content (AvgIpc) is 2.18. The molecular formula is C6H11BrO3Ru. The molecule has 0 bridgehead atoms. The molecule has 0 N–H and O–H groups in total. The zero-order chi connectivity index (χ0) is 10.7. The average molecular weight is 312 g/mol. The molecule has 0 rings (SSSR count). The first kappa shape index (κ1) is 31.0. The molecule has 0 aromatic rings. The molecule has 11 heavy (non-hydrogen) atoms. The summed E-state index contributed by atoms with van der Waals surface area (Å²) in [6, 6.07) is 0. The number of carbonyl (C=O) groups excluding carboxylic acids is 3. The second kappa shape index (κ2) is 1410. The van der Waals surface area contributed by atoms with E-state index in [0.717, 1.165) is 0 Å². The second-order valence-electron chi connectivity index (χ2n) is 0.289. The van der Waals surface area contributed by atoms with Crippen LogP contribution >= 0.6 is 13.6 Å². The molecule has 0 saturated carbocycles. The van der Waals surface area contributed by atoms with Crippen molar-refractivity contribution in [3.63, 3.8) is 0 Å². The van der Waals surface area contributed by atoms with Gasteiger partial charge >= 0.3 is 30.0 Å². The van der Waals surface area contributed by atoms with Crippen LogP contribution in [0.1, 0.15) is 0 Å². The van der Waals surface area contributed by atoms with Crippen molar-refractivity contribution in [3.8, 4) is 0 Å². The van der Waals surface area contributed by atoms with Gasteiger partial charge in [-0.3, -0.25) is 0 Å². The van der Waals surface area contributed by atoms with E-state index >= 15 is 0 Å². The standard InChI is InChI=1S/C3H5.3CH2O.BrH.Ru/c1-3-2;3*1-2;;/h3H,1-2H2;3*1H2;1H;/q-1;;;;;+2/p-1. The molecule has 0 aliphatic heterocycles. The van der Waals surface area contributed by atoms with Crippen molar-refractivity contribution in [1.82, 2.24) is 0 Å². The first-order valence-corrected chi connectivity index (χ1v) is 5.79. The summed E-state index contributed by atoms with van der Waals surface area (Å²) in [5.41, 5.74) is 0. The first-order chi connectivity index (χ1) is 5.41. The summed E-state index contributed by atoms with van der Waals surface area (Å²) in [5.74, 6) is 0. The van der Waals surface area contributed by atoms with E-state index in [1.807, 2.05) is 20.4 Å². The molecule has 0 radical (unpaired) electrons. The number of halogens is 1. The maximum absolute atomic E-state index is 8.00. The molecule has 0 amide bonds. The van der Waals surface area contributed by atoms with Crippen LogP contribution in [0.15, 0.2) is 12.7 Å². The molecule has 0 heterocycles. The molecule has 0 unspecified atom stereocenters. The zero-order valence-electron chi connectivity index (χ0n) is 6.07. The van der Waals surface area contributed by atoms with E-state index < -0.39 is 0 Å². The second-order valence-corrected chi connectivity index (χ2v) is 0.289. The molecule has 0 aliphatic rings. The third-order valence-electron chi connectivity index (χ3n) is 0. The van der Waals surface area contributed by atoms with Crippen LogP contribution in [0, 0.1) is 6.92 Å². The van der Waals surface area contributed by atoms with Gasteiger partial charge in [-0.1, -0.05) is 0 Å². The van der Waals surface area contributed by atoms with Gasteiger partial charge in [-0.2, -0.15) is 0 Å². The summed E-state index contributed by atoms with van der Waals surface area (Å²) < 4.78 is 0. The Hall–Kier alpha value is -0.277. The number of hydrogen-bond donors (Lipinski definition) is 0. The van der Waals surface area contributed by atoms with Crippen molar-refractivity contribution >= 4 is 34.0 Å². The monoisotopic (exact) mass is 312 g/mol. The van der Waals surface area contributed by atoms with Crippen molar-refractivity contribution in [2.75, 3.05) is 0 Å². The van der Waals surface area contributed by atoms with E-state index in [2.05, 4.69) is 43.5 Å². The molecule has 0 aromatic heterocycles. The fourth-order valence-electron chi connectivity index (χ4n) is 0. The molecule has 0 aromatic carbocycles. The number of hydrogen-bond acceptors (Lipinski definition) is 3. The van der Waals surface area contributed by atoms with Crippen LogP contribution in [0.2, 0.25) is 0 Å². The number of rotatable bonds is 0. The van der Waals surface area contributed by atoms with Crippen LogP contribution in [0.4, 0.5) is 0 Å². The topological polar surface area (TPSA) is 51.2 Å². The Morgan fingerprint density at radius 2 is 1.00 bits per heavy atom. The maximum atomic E-state index is 8.00. The van der Waals surface area contributed by atoms with Gasteiger partial charge in [0.2, 0.25) is 0 Å². The summed E-state index contributed by atoms with van der Waals surface area (Å²) >= 11 is 5.03. The molecule has 5 heteroatoms. The van der Waals surface area contributed by atoms with Crippen molar-refractivity contribution in [2.45, 2.75) is 0 Å². The molecule has 0 saturated heterocycles. The minimum absolute atomic E-state index is 1.50. The summed E-state index contributed by atoms with van der Waals surface area (Å²) in [5, 5.41) is 0. The van der Waals surface area contributed by atoms with Gasteiger partial charge in [0, 0.05) is 0 Å². The van der Waals surface area contributed by atoms with E-state index in [1.165, 1.54) is 6.08 Å². The van der Waals surface area contributed by atoms with Crippen LogP contribution in [0.5, 0.6) is 0 Å². The Morgan fingerprint density at radius 1 is 1.00 bits per heavy atom. The van der Waals surface area contributed by atoms with Crippen molar-refractivity contribution in [1.29, 1.82) is 0 Å². The summed E-state index contributed by atoms with van der Waals surface area (Å²) in [7, 11) is 0. The van der Waals surface area contributed by atoms with Gasteiger partial charge in [0.15, 0.2) is 0 Å². The van der Waals surface area contributed by atoms with Gasteiger partial charge in [0.1, 0.15) is 20.4 Å². The van der Waals surface area contributed by atoms with Gasteiger partial charge in [0.25, 0.3) is 0 Å². The SMILES string of the molecule is C=C[CH2-].C=O.C=O.C=O.[Br][Ru+]. The molecule has 3 nitrogen and oxygen atoms in total. The van der Waals surface area contributed by atoms with Crippen LogP contribution in [0.3, 0.4) is 0 Å². The summed E-state index contributed by atoms with van der Waals surface area (Å²) in [4.78, 5) is 24.0. The van der Waals surface area contributed by atoms with Crippen LogP contribution in [-0.4, -0.2) is 20.4 Å². The Morgan fingerprint density at radius 3 is 1.00 bits per heavy atom. The van der Waals surface area contributed by atoms with Gasteiger partial charge in [-0.25, -0.2) is 19.6 Å². The predicted octanol–water partition coefficient (Wildman–Crippen LogP) is 1.29. The van der Waals surface area contributed by atoms with E-state index in [4.69, 9.17) is 14.4 Å². The van der Waals surface area contributed by atoms with E-state index in [0.29, 0.717) is 0 Å². The summed E-state index contributed by atoms with van der Waals surface area (Å²) in [6.45, 7) is 12.5. The molecular weight excluding hydrogens is 301 g/mol. The summed E-state index contributed by atoms with van der Waals surface area (Å²) in [6.07, 6.45) is 1.50. The molecule has 0 atom stereocenters. The van der Waals surface area contributed by atoms with Crippen molar-refractivity contribution in [3.05, 3.63) is 19.6 Å². The van der Waals surface area contributed by atoms with Crippen LogP contribution in [0.25, 0.3) is 0 Å². The quantitative estimate of drug-likeness (QED) is 0.500. The Bertz CT molecular complexity index is 42.1. The Labute approximate surface area is 84.3 Å². The number of allylic oxidation sites excluding steroid dienone is 1. The van der Waals surface area contributed by atoms with E-state index in [9.17, 15) is 0 Å². The third-order valence-corrected chi connectivity index (χ3v) is 0. The van der Waals surface area contributed by atoms with E-state index in [1.54, 1.807) is 0 Å². The van der Waals surface area contributed by atoms with Gasteiger partial charge < -0.3 is 14.4 Å². The first-order valence-electron chi connectivity index (χ1n) is 1.82. The van der Waals surface area contributed by atoms with Gasteiger partial charge in [-0.15, -0.1) is 0 Å². The third kappa shape index (κ3) is 7580. The fourth-order valence-corrected chi connectivity index (χ4v) is 0. The fraction of sp³-hybridized carbons (Fsp3) is 0. The van der Waals surface area contributed by atoms with E-state index in [-0.39, 0.29) is 0 Å². The van der Waals surface area contributed by atoms with Gasteiger partial charge in [-0.05, 0) is 0 Å². The van der Waals surface area contributed by atoms with Crippen molar-refractivity contribution < 1.29 is 30.7 Å². The Kier molecular flexibility index (Phi) is 3980. The molecule has 0 aliphatic carbocycles. The molecule has 0 fully saturated rings. The number of carbonyl (C=O) groups is 3. The van der Waals surface area contributed by atoms with Crippen LogP contribution in [-0.2, 0) is 30.7 Å². The minimum atomic E-state index is 1.50. The normalized spacial score (nSPS) is 2.73. The zero-order valence-corrected chi connectivity index (χ0v) is 9.39. The predicted molar refractivity (Wildman–Crippen MR) is 45.8 cm³/mol. The van der Waals surface area contributed by atoms with Crippen molar-refractivity contribution in [2.24, 2.45) is 0 Å².